The average molecular weight is 395 g/mol. The summed E-state index contributed by atoms with van der Waals surface area (Å²) in [4.78, 5) is 0. The average Bonchev–Trinajstić information content (AvgIpc) is 2.73. The van der Waals surface area contributed by atoms with Gasteiger partial charge in [0.25, 0.3) is 0 Å². The molecule has 2 aromatic rings. The third-order valence-electron chi connectivity index (χ3n) is 6.83. The Morgan fingerprint density at radius 2 is 1.38 bits per heavy atom. The fraction of sp³-hybridized carbons (Fsp3) is 0.423. The van der Waals surface area contributed by atoms with Gasteiger partial charge in [0.05, 0.1) is 0 Å². The molecule has 0 saturated heterocycles. The Kier molecular flexibility index (Phi) is 5.94. The van der Waals surface area contributed by atoms with Gasteiger partial charge in [-0.2, -0.15) is 0 Å². The molecule has 0 amide bonds. The number of aryl methyl sites for hydroxylation is 2. The highest BCUT2D eigenvalue weighted by Crippen LogP contribution is 2.49. The summed E-state index contributed by atoms with van der Waals surface area (Å²) >= 11 is 0. The number of benzene rings is 2. The number of hydrogen-bond acceptors (Lipinski definition) is 0. The minimum absolute atomic E-state index is 0.174. The molecule has 2 aromatic carbocycles. The fourth-order valence-corrected chi connectivity index (χ4v) is 5.19. The van der Waals surface area contributed by atoms with E-state index >= 15 is 0 Å². The second-order valence-corrected chi connectivity index (χ2v) is 8.75. The van der Waals surface area contributed by atoms with Crippen molar-refractivity contribution in [1.82, 2.24) is 0 Å². The zero-order chi connectivity index (χ0) is 20.3. The van der Waals surface area contributed by atoms with Crippen LogP contribution in [0.25, 0.3) is 0 Å². The lowest BCUT2D eigenvalue weighted by Gasteiger charge is -2.42. The van der Waals surface area contributed by atoms with Crippen molar-refractivity contribution >= 4 is 6.21 Å². The van der Waals surface area contributed by atoms with E-state index in [9.17, 15) is 8.78 Å². The molecule has 0 fully saturated rings. The largest absolute Gasteiger partial charge is 0.238 e. The minimum atomic E-state index is -0.174. The summed E-state index contributed by atoms with van der Waals surface area (Å²) in [5, 5.41) is 0. The van der Waals surface area contributed by atoms with Gasteiger partial charge in [0.1, 0.15) is 25.2 Å². The lowest BCUT2D eigenvalue weighted by Crippen LogP contribution is -2.34. The predicted octanol–water partition coefficient (Wildman–Crippen LogP) is 6.11. The molecule has 0 spiro atoms. The molecule has 152 valence electrons. The molecular weight excluding hydrogens is 364 g/mol. The first-order chi connectivity index (χ1) is 14.0. The third kappa shape index (κ3) is 4.66. The lowest BCUT2D eigenvalue weighted by molar-refractivity contribution is -0.493. The minimum Gasteiger partial charge on any atom is -0.238 e. The van der Waals surface area contributed by atoms with Gasteiger partial charge in [-0.05, 0) is 91.3 Å². The van der Waals surface area contributed by atoms with Gasteiger partial charge in [0.2, 0.25) is 0 Å². The van der Waals surface area contributed by atoms with E-state index in [0.29, 0.717) is 0 Å². The second-order valence-electron chi connectivity index (χ2n) is 8.75. The summed E-state index contributed by atoms with van der Waals surface area (Å²) in [5.74, 6) is -0.347. The van der Waals surface area contributed by atoms with Gasteiger partial charge >= 0.3 is 0 Å². The van der Waals surface area contributed by atoms with E-state index in [1.807, 2.05) is 24.3 Å². The standard InChI is InChI=1S/C26H30F2N/c1-29-18-14-25-22(19-29)3-2-15-26(25,16-12-20-4-8-23(27)9-5-20)17-13-21-6-10-24(28)11-7-21/h4-11,19H,2-3,12-18H2,1H3/q+1. The molecular formula is C26H30F2N+. The summed E-state index contributed by atoms with van der Waals surface area (Å²) < 4.78 is 28.9. The van der Waals surface area contributed by atoms with Crippen molar-refractivity contribution in [2.45, 2.75) is 51.4 Å². The van der Waals surface area contributed by atoms with Gasteiger partial charge in [-0.3, -0.25) is 0 Å². The van der Waals surface area contributed by atoms with Crippen LogP contribution in [0, 0.1) is 17.0 Å². The maximum Gasteiger partial charge on any atom is 0.166 e. The van der Waals surface area contributed by atoms with Crippen molar-refractivity contribution < 1.29 is 13.4 Å². The number of halogens is 2. The first-order valence-corrected chi connectivity index (χ1v) is 10.8. The molecule has 0 saturated carbocycles. The normalized spacial score (nSPS) is 18.4. The molecule has 0 N–H and O–H groups in total. The van der Waals surface area contributed by atoms with Crippen molar-refractivity contribution in [3.8, 4) is 0 Å². The van der Waals surface area contributed by atoms with Crippen molar-refractivity contribution in [2.24, 2.45) is 5.41 Å². The van der Waals surface area contributed by atoms with Gasteiger partial charge in [0.15, 0.2) is 6.21 Å². The van der Waals surface area contributed by atoms with Crippen LogP contribution in [0.5, 0.6) is 0 Å². The highest BCUT2D eigenvalue weighted by molar-refractivity contribution is 5.77. The Labute approximate surface area is 172 Å². The third-order valence-corrected chi connectivity index (χ3v) is 6.83. The maximum absolute atomic E-state index is 13.3. The summed E-state index contributed by atoms with van der Waals surface area (Å²) in [6.07, 6.45) is 11.2. The zero-order valence-electron chi connectivity index (χ0n) is 17.3. The predicted molar refractivity (Wildman–Crippen MR) is 114 cm³/mol. The maximum atomic E-state index is 13.3. The molecule has 1 heterocycles. The molecule has 0 aromatic heterocycles. The first kappa shape index (κ1) is 20.0. The van der Waals surface area contributed by atoms with E-state index in [-0.39, 0.29) is 17.0 Å². The van der Waals surface area contributed by atoms with Crippen LogP contribution in [-0.2, 0) is 12.8 Å². The fourth-order valence-electron chi connectivity index (χ4n) is 5.19. The van der Waals surface area contributed by atoms with Gasteiger partial charge in [-0.25, -0.2) is 13.4 Å². The van der Waals surface area contributed by atoms with E-state index < -0.39 is 0 Å². The van der Waals surface area contributed by atoms with Crippen molar-refractivity contribution in [2.75, 3.05) is 13.6 Å². The van der Waals surface area contributed by atoms with E-state index in [0.717, 1.165) is 38.6 Å². The highest BCUT2D eigenvalue weighted by atomic mass is 19.1. The molecule has 3 heteroatoms. The van der Waals surface area contributed by atoms with Crippen LogP contribution >= 0.6 is 0 Å². The van der Waals surface area contributed by atoms with Crippen molar-refractivity contribution in [3.63, 3.8) is 0 Å². The van der Waals surface area contributed by atoms with Crippen LogP contribution in [-0.4, -0.2) is 24.4 Å². The summed E-state index contributed by atoms with van der Waals surface area (Å²) in [6.45, 7) is 1.08. The SMILES string of the molecule is C[N+]1=CC2=C(CC1)C(CCc1ccc(F)cc1)(CCc1ccc(F)cc1)CCC2. The Hall–Kier alpha value is -2.29. The summed E-state index contributed by atoms with van der Waals surface area (Å²) in [5.41, 5.74) is 5.78. The topological polar surface area (TPSA) is 3.01 Å². The Balaban J connectivity index is 1.60. The van der Waals surface area contributed by atoms with Gasteiger partial charge in [-0.1, -0.05) is 24.3 Å². The Morgan fingerprint density at radius 3 is 1.93 bits per heavy atom. The zero-order valence-corrected chi connectivity index (χ0v) is 17.3. The molecule has 1 aliphatic heterocycles. The monoisotopic (exact) mass is 394 g/mol. The molecule has 2 aliphatic rings. The van der Waals surface area contributed by atoms with Crippen LogP contribution in [0.3, 0.4) is 0 Å². The van der Waals surface area contributed by atoms with Crippen molar-refractivity contribution in [3.05, 3.63) is 82.4 Å². The number of hydrogen-bond donors (Lipinski definition) is 0. The summed E-state index contributed by atoms with van der Waals surface area (Å²) in [6, 6.07) is 13.9. The van der Waals surface area contributed by atoms with Crippen LogP contribution in [0.15, 0.2) is 59.7 Å². The summed E-state index contributed by atoms with van der Waals surface area (Å²) in [7, 11) is 2.16. The van der Waals surface area contributed by atoms with E-state index in [2.05, 4.69) is 17.8 Å². The molecule has 0 bridgehead atoms. The van der Waals surface area contributed by atoms with Crippen LogP contribution in [0.4, 0.5) is 8.78 Å². The first-order valence-electron chi connectivity index (χ1n) is 10.8. The molecule has 0 atom stereocenters. The van der Waals surface area contributed by atoms with E-state index in [4.69, 9.17) is 0 Å². The van der Waals surface area contributed by atoms with E-state index in [1.165, 1.54) is 36.0 Å². The number of rotatable bonds is 6. The molecule has 0 radical (unpaired) electrons. The van der Waals surface area contributed by atoms with Gasteiger partial charge in [-0.15, -0.1) is 0 Å². The molecule has 0 unspecified atom stereocenters. The second kappa shape index (κ2) is 8.61. The van der Waals surface area contributed by atoms with E-state index in [1.54, 1.807) is 29.8 Å². The number of nitrogens with zero attached hydrogens (tertiary/aromatic N) is 1. The van der Waals surface area contributed by atoms with Crippen LogP contribution in [0.2, 0.25) is 0 Å². The molecule has 29 heavy (non-hydrogen) atoms. The van der Waals surface area contributed by atoms with Crippen LogP contribution < -0.4 is 0 Å². The van der Waals surface area contributed by atoms with Gasteiger partial charge < -0.3 is 0 Å². The van der Waals surface area contributed by atoms with Gasteiger partial charge in [0, 0.05) is 12.0 Å². The van der Waals surface area contributed by atoms with Crippen LogP contribution in [0.1, 0.15) is 49.7 Å². The Morgan fingerprint density at radius 1 is 0.828 bits per heavy atom. The molecule has 1 nitrogen and oxygen atoms in total. The smallest absolute Gasteiger partial charge is 0.166 e. The van der Waals surface area contributed by atoms with Crippen molar-refractivity contribution in [1.29, 1.82) is 0 Å². The number of allylic oxidation sites excluding steroid dienone is 1. The molecule has 4 rings (SSSR count). The highest BCUT2D eigenvalue weighted by Gasteiger charge is 2.39. The Bertz CT molecular complexity index is 857. The lowest BCUT2D eigenvalue weighted by atomic mass is 9.63. The quantitative estimate of drug-likeness (QED) is 0.520. The molecule has 1 aliphatic carbocycles.